The standard InChI is InChI=1S/C18H18N8O2S.C12H15N5O4S2/c1-25(2)13(27)8-26(3)18(28)17-24-14-15(21-9-22-16(14)29-17)23-11-4-10-5-19-7-12(10)20-6-11;1-16(2)7(18)5-17(3)12(19)10-15-8-9(22-10)13-6-14-11(8)23(4,20)21/h4-6,9H,7-8H2,1-3H3,(H,21,22,23);6H,5H2,1-4H3. The second-order valence-corrected chi connectivity index (χ2v) is 15.7. The van der Waals surface area contributed by atoms with E-state index < -0.39 is 15.7 Å². The van der Waals surface area contributed by atoms with Crippen molar-refractivity contribution in [2.45, 2.75) is 11.6 Å². The van der Waals surface area contributed by atoms with Crippen molar-refractivity contribution in [3.8, 4) is 0 Å². The Morgan fingerprint density at radius 3 is 1.87 bits per heavy atom. The summed E-state index contributed by atoms with van der Waals surface area (Å²) in [5.41, 5.74) is 3.19. The minimum Gasteiger partial charge on any atom is -0.347 e. The van der Waals surface area contributed by atoms with Crippen molar-refractivity contribution in [3.05, 3.63) is 46.2 Å². The molecule has 0 saturated carbocycles. The van der Waals surface area contributed by atoms with Crippen molar-refractivity contribution in [1.82, 2.24) is 54.5 Å². The second kappa shape index (κ2) is 15.3. The van der Waals surface area contributed by atoms with Crippen LogP contribution in [-0.4, -0.2) is 154 Å². The van der Waals surface area contributed by atoms with E-state index in [0.29, 0.717) is 27.5 Å². The Morgan fingerprint density at radius 2 is 1.31 bits per heavy atom. The number of rotatable bonds is 9. The fraction of sp³-hybridized carbons (Fsp3) is 0.333. The average Bonchev–Trinajstić information content (AvgIpc) is 3.85. The van der Waals surface area contributed by atoms with Gasteiger partial charge < -0.3 is 24.9 Å². The predicted octanol–water partition coefficient (Wildman–Crippen LogP) is 0.968. The molecule has 1 aliphatic heterocycles. The number of anilines is 2. The van der Waals surface area contributed by atoms with E-state index >= 15 is 0 Å². The van der Waals surface area contributed by atoms with E-state index in [2.05, 4.69) is 45.2 Å². The van der Waals surface area contributed by atoms with Crippen LogP contribution >= 0.6 is 22.7 Å². The maximum atomic E-state index is 12.7. The first-order chi connectivity index (χ1) is 24.5. The van der Waals surface area contributed by atoms with E-state index in [1.165, 1.54) is 33.0 Å². The quantitative estimate of drug-likeness (QED) is 0.206. The predicted molar refractivity (Wildman–Crippen MR) is 194 cm³/mol. The summed E-state index contributed by atoms with van der Waals surface area (Å²) in [5.74, 6) is -0.753. The second-order valence-electron chi connectivity index (χ2n) is 11.8. The number of thiazole rings is 2. The third-order valence-corrected chi connectivity index (χ3v) is 10.2. The number of fused-ring (bicyclic) bond motifs is 3. The van der Waals surface area contributed by atoms with E-state index in [9.17, 15) is 27.6 Å². The van der Waals surface area contributed by atoms with E-state index in [0.717, 1.165) is 52.2 Å². The normalized spacial score (nSPS) is 11.8. The van der Waals surface area contributed by atoms with Crippen LogP contribution in [-0.2, 0) is 26.0 Å². The van der Waals surface area contributed by atoms with Crippen LogP contribution in [0.4, 0.5) is 11.5 Å². The molecule has 52 heavy (non-hydrogen) atoms. The molecule has 19 nitrogen and oxygen atoms in total. The molecule has 5 aromatic heterocycles. The van der Waals surface area contributed by atoms with Crippen molar-refractivity contribution >= 4 is 94.6 Å². The molecule has 0 atom stereocenters. The van der Waals surface area contributed by atoms with Crippen LogP contribution in [0.15, 0.2) is 34.9 Å². The molecule has 22 heteroatoms. The van der Waals surface area contributed by atoms with Crippen molar-refractivity contribution < 1.29 is 27.6 Å². The van der Waals surface area contributed by atoms with E-state index in [-0.39, 0.29) is 51.4 Å². The van der Waals surface area contributed by atoms with Gasteiger partial charge in [0.25, 0.3) is 11.8 Å². The summed E-state index contributed by atoms with van der Waals surface area (Å²) >= 11 is 2.12. The van der Waals surface area contributed by atoms with E-state index in [4.69, 9.17) is 0 Å². The maximum Gasteiger partial charge on any atom is 0.283 e. The van der Waals surface area contributed by atoms with E-state index in [1.807, 2.05) is 6.07 Å². The zero-order valence-corrected chi connectivity index (χ0v) is 31.5. The van der Waals surface area contributed by atoms with Crippen LogP contribution in [0.2, 0.25) is 0 Å². The molecule has 0 fully saturated rings. The van der Waals surface area contributed by atoms with Gasteiger partial charge >= 0.3 is 0 Å². The largest absolute Gasteiger partial charge is 0.347 e. The average molecular weight is 768 g/mol. The van der Waals surface area contributed by atoms with Crippen molar-refractivity contribution in [3.63, 3.8) is 0 Å². The van der Waals surface area contributed by atoms with Gasteiger partial charge in [0.15, 0.2) is 30.7 Å². The Hall–Kier alpha value is -5.61. The highest BCUT2D eigenvalue weighted by atomic mass is 32.2. The van der Waals surface area contributed by atoms with Gasteiger partial charge in [0.05, 0.1) is 37.2 Å². The molecule has 0 saturated heterocycles. The number of aliphatic imine (C=N–C) groups is 1. The first-order valence-electron chi connectivity index (χ1n) is 15.1. The highest BCUT2D eigenvalue weighted by molar-refractivity contribution is 7.90. The van der Waals surface area contributed by atoms with Crippen molar-refractivity contribution in [2.24, 2.45) is 4.99 Å². The number of nitrogens with zero attached hydrogens (tertiary/aromatic N) is 12. The number of amides is 4. The van der Waals surface area contributed by atoms with Crippen LogP contribution in [0.25, 0.3) is 20.7 Å². The van der Waals surface area contributed by atoms with Gasteiger partial charge in [0, 0.05) is 60.3 Å². The lowest BCUT2D eigenvalue weighted by Crippen LogP contribution is -2.37. The maximum absolute atomic E-state index is 12.7. The summed E-state index contributed by atoms with van der Waals surface area (Å²) in [6.45, 7) is 0.460. The fourth-order valence-corrected chi connectivity index (χ4v) is 6.98. The van der Waals surface area contributed by atoms with Crippen LogP contribution in [0.5, 0.6) is 0 Å². The van der Waals surface area contributed by atoms with Gasteiger partial charge in [-0.3, -0.25) is 29.2 Å². The summed E-state index contributed by atoms with van der Waals surface area (Å²) < 4.78 is 23.4. The first kappa shape index (κ1) is 37.6. The first-order valence-corrected chi connectivity index (χ1v) is 18.7. The zero-order chi connectivity index (χ0) is 37.9. The number of sulfone groups is 1. The lowest BCUT2D eigenvalue weighted by Gasteiger charge is -2.17. The number of hydrogen-bond donors (Lipinski definition) is 1. The molecule has 0 bridgehead atoms. The lowest BCUT2D eigenvalue weighted by molar-refractivity contribution is -0.129. The molecule has 0 spiro atoms. The minimum absolute atomic E-state index is 0.0269. The summed E-state index contributed by atoms with van der Waals surface area (Å²) in [4.78, 5) is 88.0. The molecule has 1 N–H and O–H groups in total. The number of aromatic nitrogens is 7. The smallest absolute Gasteiger partial charge is 0.283 e. The highest BCUT2D eigenvalue weighted by Crippen LogP contribution is 2.28. The highest BCUT2D eigenvalue weighted by Gasteiger charge is 2.25. The minimum atomic E-state index is -3.58. The van der Waals surface area contributed by atoms with Gasteiger partial charge in [0.1, 0.15) is 33.3 Å². The summed E-state index contributed by atoms with van der Waals surface area (Å²) in [7, 11) is 5.92. The van der Waals surface area contributed by atoms with Crippen molar-refractivity contribution in [2.75, 3.05) is 66.9 Å². The number of likely N-dealkylation sites (N-methyl/N-ethyl adjacent to an activating group) is 4. The van der Waals surface area contributed by atoms with Gasteiger partial charge in [-0.15, -0.1) is 0 Å². The van der Waals surface area contributed by atoms with Gasteiger partial charge in [-0.05, 0) is 6.07 Å². The zero-order valence-electron chi connectivity index (χ0n) is 29.0. The molecule has 0 radical (unpaired) electrons. The molecule has 6 heterocycles. The number of pyridine rings is 1. The van der Waals surface area contributed by atoms with Gasteiger partial charge in [-0.25, -0.2) is 38.3 Å². The summed E-state index contributed by atoms with van der Waals surface area (Å²) in [6, 6.07) is 1.94. The molecule has 5 aromatic rings. The lowest BCUT2D eigenvalue weighted by atomic mass is 10.2. The Bertz CT molecular complexity index is 2340. The van der Waals surface area contributed by atoms with Crippen LogP contribution in [0, 0.1) is 0 Å². The SMILES string of the molecule is CN(C)C(=O)CN(C)C(=O)c1nc2c(Nc3cnc4c(c3)C=NC4)ncnc2s1.CN(C)C(=O)CN(C)C(=O)c1nc2c(S(C)(=O)=O)ncnc2s1. The summed E-state index contributed by atoms with van der Waals surface area (Å²) in [5, 5.41) is 3.27. The van der Waals surface area contributed by atoms with Gasteiger partial charge in [-0.2, -0.15) is 0 Å². The number of hydrogen-bond acceptors (Lipinski definition) is 17. The third kappa shape index (κ3) is 8.46. The molecule has 0 aliphatic carbocycles. The van der Waals surface area contributed by atoms with E-state index in [1.54, 1.807) is 47.6 Å². The Balaban J connectivity index is 0.000000207. The molecular formula is C30H33N13O6S3. The molecule has 6 rings (SSSR count). The Labute approximate surface area is 305 Å². The molecule has 0 aromatic carbocycles. The van der Waals surface area contributed by atoms with Gasteiger partial charge in [0.2, 0.25) is 11.8 Å². The summed E-state index contributed by atoms with van der Waals surface area (Å²) in [6.07, 6.45) is 7.04. The molecule has 4 amide bonds. The molecule has 0 unspecified atom stereocenters. The number of carbonyl (C=O) groups excluding carboxylic acids is 4. The Morgan fingerprint density at radius 1 is 0.769 bits per heavy atom. The monoisotopic (exact) mass is 767 g/mol. The molecule has 272 valence electrons. The Kier molecular flexibility index (Phi) is 11.1. The fourth-order valence-electron chi connectivity index (χ4n) is 4.38. The van der Waals surface area contributed by atoms with Crippen molar-refractivity contribution in [1.29, 1.82) is 0 Å². The van der Waals surface area contributed by atoms with Crippen LogP contribution in [0.3, 0.4) is 0 Å². The molecular weight excluding hydrogens is 735 g/mol. The number of nitrogens with one attached hydrogen (secondary N) is 1. The topological polar surface area (TPSA) is 230 Å². The van der Waals surface area contributed by atoms with Crippen LogP contribution in [0.1, 0.15) is 30.9 Å². The van der Waals surface area contributed by atoms with Crippen LogP contribution < -0.4 is 5.32 Å². The van der Waals surface area contributed by atoms with Gasteiger partial charge in [-0.1, -0.05) is 22.7 Å². The third-order valence-electron chi connectivity index (χ3n) is 7.25. The number of carbonyl (C=O) groups is 4. The molecule has 1 aliphatic rings.